The molecule has 1 unspecified atom stereocenters. The van der Waals surface area contributed by atoms with Crippen molar-refractivity contribution in [1.82, 2.24) is 10.6 Å². The van der Waals surface area contributed by atoms with Gasteiger partial charge in [-0.3, -0.25) is 4.99 Å². The summed E-state index contributed by atoms with van der Waals surface area (Å²) in [5, 5.41) is 15.8. The molecule has 1 atom stereocenters. The molecule has 19 heavy (non-hydrogen) atoms. The molecule has 0 bridgehead atoms. The topological polar surface area (TPSA) is 65.9 Å². The van der Waals surface area contributed by atoms with Crippen molar-refractivity contribution in [3.05, 3.63) is 0 Å². The number of aliphatic hydroxyl groups excluding tert-OH is 1. The standard InChI is InChI=1S/C12H25N3O2S.HI/c1-13-11(14-5-8-18-2)15-9-12(3-6-16)4-7-17-10-12;/h16H,3-10H2,1-2H3,(H2,13,14,15);1H. The molecule has 1 aliphatic heterocycles. The van der Waals surface area contributed by atoms with Gasteiger partial charge in [0.25, 0.3) is 0 Å². The van der Waals surface area contributed by atoms with E-state index in [1.54, 1.807) is 18.8 Å². The largest absolute Gasteiger partial charge is 0.396 e. The van der Waals surface area contributed by atoms with Gasteiger partial charge in [-0.15, -0.1) is 24.0 Å². The van der Waals surface area contributed by atoms with Crippen molar-refractivity contribution in [2.45, 2.75) is 12.8 Å². The van der Waals surface area contributed by atoms with Crippen molar-refractivity contribution in [3.8, 4) is 0 Å². The van der Waals surface area contributed by atoms with Gasteiger partial charge in [-0.05, 0) is 19.1 Å². The molecule has 3 N–H and O–H groups in total. The van der Waals surface area contributed by atoms with Crippen LogP contribution in [0.1, 0.15) is 12.8 Å². The van der Waals surface area contributed by atoms with Crippen LogP contribution in [-0.4, -0.2) is 63.0 Å². The van der Waals surface area contributed by atoms with Gasteiger partial charge in [0.1, 0.15) is 0 Å². The molecule has 1 saturated heterocycles. The highest BCUT2D eigenvalue weighted by atomic mass is 127. The minimum absolute atomic E-state index is 0. The van der Waals surface area contributed by atoms with Crippen LogP contribution in [0.25, 0.3) is 0 Å². The Labute approximate surface area is 137 Å². The number of thioether (sulfide) groups is 1. The summed E-state index contributed by atoms with van der Waals surface area (Å²) in [5.74, 6) is 1.89. The number of nitrogens with zero attached hydrogens (tertiary/aromatic N) is 1. The van der Waals surface area contributed by atoms with Gasteiger partial charge in [-0.1, -0.05) is 0 Å². The Morgan fingerprint density at radius 3 is 2.79 bits per heavy atom. The first-order valence-electron chi connectivity index (χ1n) is 6.38. The smallest absolute Gasteiger partial charge is 0.191 e. The number of halogens is 1. The summed E-state index contributed by atoms with van der Waals surface area (Å²) in [7, 11) is 1.78. The molecule has 0 aromatic rings. The normalized spacial score (nSPS) is 23.0. The first kappa shape index (κ1) is 19.3. The summed E-state index contributed by atoms with van der Waals surface area (Å²) in [6, 6.07) is 0. The molecule has 1 heterocycles. The number of aliphatic imine (C=N–C) groups is 1. The lowest BCUT2D eigenvalue weighted by Crippen LogP contribution is -2.45. The maximum absolute atomic E-state index is 9.16. The molecule has 114 valence electrons. The van der Waals surface area contributed by atoms with Crippen molar-refractivity contribution in [2.24, 2.45) is 10.4 Å². The molecule has 1 fully saturated rings. The van der Waals surface area contributed by atoms with Gasteiger partial charge >= 0.3 is 0 Å². The van der Waals surface area contributed by atoms with E-state index in [4.69, 9.17) is 9.84 Å². The van der Waals surface area contributed by atoms with Crippen LogP contribution >= 0.6 is 35.7 Å². The van der Waals surface area contributed by atoms with Gasteiger partial charge in [0, 0.05) is 44.5 Å². The van der Waals surface area contributed by atoms with Crippen LogP contribution in [0.2, 0.25) is 0 Å². The van der Waals surface area contributed by atoms with Crippen LogP contribution in [0.3, 0.4) is 0 Å². The third-order valence-electron chi connectivity index (χ3n) is 3.28. The van der Waals surface area contributed by atoms with Crippen LogP contribution in [0, 0.1) is 5.41 Å². The van der Waals surface area contributed by atoms with E-state index in [1.807, 2.05) is 0 Å². The van der Waals surface area contributed by atoms with E-state index in [2.05, 4.69) is 21.9 Å². The molecule has 0 spiro atoms. The molecule has 0 radical (unpaired) electrons. The molecule has 0 aromatic carbocycles. The number of rotatable bonds is 7. The second kappa shape index (κ2) is 11.0. The lowest BCUT2D eigenvalue weighted by atomic mass is 9.84. The molecule has 0 amide bonds. The highest BCUT2D eigenvalue weighted by Crippen LogP contribution is 2.31. The summed E-state index contributed by atoms with van der Waals surface area (Å²) in [6.45, 7) is 3.43. The Morgan fingerprint density at radius 1 is 1.47 bits per heavy atom. The molecule has 0 aliphatic carbocycles. The number of guanidine groups is 1. The van der Waals surface area contributed by atoms with Gasteiger partial charge < -0.3 is 20.5 Å². The zero-order valence-corrected chi connectivity index (χ0v) is 14.9. The molecule has 0 saturated carbocycles. The molecule has 7 heteroatoms. The maximum atomic E-state index is 9.16. The summed E-state index contributed by atoms with van der Waals surface area (Å²) < 4.78 is 5.46. The zero-order chi connectivity index (χ0) is 13.3. The van der Waals surface area contributed by atoms with Crippen LogP contribution in [-0.2, 0) is 4.74 Å². The summed E-state index contributed by atoms with van der Waals surface area (Å²) in [5.41, 5.74) is 0.0614. The molecular formula is C12H26IN3O2S. The van der Waals surface area contributed by atoms with Gasteiger partial charge in [-0.2, -0.15) is 11.8 Å². The second-order valence-corrected chi connectivity index (χ2v) is 5.61. The minimum atomic E-state index is 0. The molecule has 1 aliphatic rings. The number of ether oxygens (including phenoxy) is 1. The zero-order valence-electron chi connectivity index (χ0n) is 11.8. The maximum Gasteiger partial charge on any atom is 0.191 e. The first-order valence-corrected chi connectivity index (χ1v) is 7.78. The van der Waals surface area contributed by atoms with E-state index in [1.165, 1.54) is 0 Å². The van der Waals surface area contributed by atoms with Crippen molar-refractivity contribution in [2.75, 3.05) is 52.0 Å². The summed E-state index contributed by atoms with van der Waals surface area (Å²) in [6.07, 6.45) is 3.87. The fourth-order valence-corrected chi connectivity index (χ4v) is 2.38. The predicted molar refractivity (Wildman–Crippen MR) is 92.7 cm³/mol. The third kappa shape index (κ3) is 7.01. The molecule has 5 nitrogen and oxygen atoms in total. The van der Waals surface area contributed by atoms with Crippen molar-refractivity contribution in [1.29, 1.82) is 0 Å². The highest BCUT2D eigenvalue weighted by Gasteiger charge is 2.34. The van der Waals surface area contributed by atoms with Crippen LogP contribution in [0.15, 0.2) is 4.99 Å². The SMILES string of the molecule is CN=C(NCCSC)NCC1(CCO)CCOC1.I. The fraction of sp³-hybridized carbons (Fsp3) is 0.917. The van der Waals surface area contributed by atoms with E-state index in [-0.39, 0.29) is 36.0 Å². The van der Waals surface area contributed by atoms with Crippen molar-refractivity contribution >= 4 is 41.7 Å². The number of aliphatic hydroxyl groups is 1. The summed E-state index contributed by atoms with van der Waals surface area (Å²) in [4.78, 5) is 4.19. The van der Waals surface area contributed by atoms with Gasteiger partial charge in [-0.25, -0.2) is 0 Å². The molecule has 1 rings (SSSR count). The second-order valence-electron chi connectivity index (χ2n) is 4.62. The fourth-order valence-electron chi connectivity index (χ4n) is 2.07. The predicted octanol–water partition coefficient (Wildman–Crippen LogP) is 0.921. The Bertz CT molecular complexity index is 261. The quantitative estimate of drug-likeness (QED) is 0.255. The van der Waals surface area contributed by atoms with E-state index >= 15 is 0 Å². The van der Waals surface area contributed by atoms with Crippen molar-refractivity contribution < 1.29 is 9.84 Å². The Balaban J connectivity index is 0.00000324. The molecule has 0 aromatic heterocycles. The van der Waals surface area contributed by atoms with E-state index in [9.17, 15) is 0 Å². The number of hydrogen-bond acceptors (Lipinski definition) is 4. The van der Waals surface area contributed by atoms with E-state index < -0.39 is 0 Å². The van der Waals surface area contributed by atoms with Gasteiger partial charge in [0.2, 0.25) is 0 Å². The van der Waals surface area contributed by atoms with E-state index in [0.29, 0.717) is 0 Å². The van der Waals surface area contributed by atoms with Crippen LogP contribution in [0.5, 0.6) is 0 Å². The average Bonchev–Trinajstić information content (AvgIpc) is 2.83. The Kier molecular flexibility index (Phi) is 11.1. The number of nitrogens with one attached hydrogen (secondary N) is 2. The Hall–Kier alpha value is 0.270. The van der Waals surface area contributed by atoms with Gasteiger partial charge in [0.15, 0.2) is 5.96 Å². The number of hydrogen-bond donors (Lipinski definition) is 3. The molecular weight excluding hydrogens is 377 g/mol. The van der Waals surface area contributed by atoms with Crippen LogP contribution in [0.4, 0.5) is 0 Å². The van der Waals surface area contributed by atoms with E-state index in [0.717, 1.165) is 50.9 Å². The van der Waals surface area contributed by atoms with Crippen LogP contribution < -0.4 is 10.6 Å². The lowest BCUT2D eigenvalue weighted by molar-refractivity contribution is 0.127. The summed E-state index contributed by atoms with van der Waals surface area (Å²) >= 11 is 1.81. The van der Waals surface area contributed by atoms with Gasteiger partial charge in [0.05, 0.1) is 6.61 Å². The Morgan fingerprint density at radius 2 is 2.26 bits per heavy atom. The van der Waals surface area contributed by atoms with Crippen molar-refractivity contribution in [3.63, 3.8) is 0 Å². The lowest BCUT2D eigenvalue weighted by Gasteiger charge is -2.27. The average molecular weight is 403 g/mol. The third-order valence-corrected chi connectivity index (χ3v) is 3.89. The highest BCUT2D eigenvalue weighted by molar-refractivity contribution is 14.0. The monoisotopic (exact) mass is 403 g/mol. The first-order chi connectivity index (χ1) is 8.76. The minimum Gasteiger partial charge on any atom is -0.396 e.